The van der Waals surface area contributed by atoms with Gasteiger partial charge in [0.05, 0.1) is 30.9 Å². The van der Waals surface area contributed by atoms with Crippen molar-refractivity contribution in [2.24, 2.45) is 11.5 Å². The van der Waals surface area contributed by atoms with Crippen molar-refractivity contribution in [3.05, 3.63) is 108 Å². The molecule has 2 heterocycles. The summed E-state index contributed by atoms with van der Waals surface area (Å²) in [5.41, 5.74) is 15.0. The van der Waals surface area contributed by atoms with Crippen LogP contribution in [0, 0.1) is 0 Å². The average molecular weight is 1020 g/mol. The van der Waals surface area contributed by atoms with Gasteiger partial charge in [-0.3, -0.25) is 33.6 Å². The number of fused-ring (bicyclic) bond motifs is 1. The second-order valence-corrected chi connectivity index (χ2v) is 20.0. The van der Waals surface area contributed by atoms with Crippen LogP contribution in [0.1, 0.15) is 49.8 Å². The van der Waals surface area contributed by atoms with E-state index in [0.29, 0.717) is 24.0 Å². The molecule has 1 fully saturated rings. The van der Waals surface area contributed by atoms with Crippen LogP contribution in [0.2, 0.25) is 0 Å². The Bertz CT molecular complexity index is 2400. The molecule has 0 saturated carbocycles. The number of nitrogens with one attached hydrogen (secondary N) is 8. The summed E-state index contributed by atoms with van der Waals surface area (Å²) in [6, 6.07) is 14.6. The number of aliphatic hydroxyl groups is 3. The molecule has 3 unspecified atom stereocenters. The number of benzene rings is 3. The van der Waals surface area contributed by atoms with Crippen LogP contribution in [0.15, 0.2) is 91.1 Å². The molecule has 4 aromatic rings. The number of carbonyl (C=O) groups excluding carboxylic acids is 7. The number of hydrogen-bond donors (Lipinski definition) is 13. The van der Waals surface area contributed by atoms with Gasteiger partial charge in [-0.1, -0.05) is 100 Å². The molecule has 0 aliphatic carbocycles. The lowest BCUT2D eigenvalue weighted by Crippen LogP contribution is -2.62. The van der Waals surface area contributed by atoms with Crippen LogP contribution in [0.4, 0.5) is 0 Å². The first-order valence-corrected chi connectivity index (χ1v) is 26.0. The number of carbonyl (C=O) groups is 7. The highest BCUT2D eigenvalue weighted by Gasteiger charge is 2.36. The minimum atomic E-state index is -1.66. The maximum Gasteiger partial charge on any atom is 0.245 e. The van der Waals surface area contributed by atoms with Crippen molar-refractivity contribution in [1.29, 1.82) is 0 Å². The first-order valence-electron chi connectivity index (χ1n) is 23.5. The Morgan fingerprint density at radius 3 is 1.96 bits per heavy atom. The van der Waals surface area contributed by atoms with E-state index < -0.39 is 108 Å². The van der Waals surface area contributed by atoms with Gasteiger partial charge in [0, 0.05) is 41.4 Å². The zero-order valence-electron chi connectivity index (χ0n) is 39.7. The highest BCUT2D eigenvalue weighted by atomic mass is 33.1. The molecule has 1 aliphatic heterocycles. The summed E-state index contributed by atoms with van der Waals surface area (Å²) in [6.45, 7) is 2.23. The van der Waals surface area contributed by atoms with E-state index in [4.69, 9.17) is 11.5 Å². The van der Waals surface area contributed by atoms with Crippen LogP contribution in [0.5, 0.6) is 0 Å². The summed E-state index contributed by atoms with van der Waals surface area (Å²) in [5, 5.41) is 50.5. The quantitative estimate of drug-likeness (QED) is 0.0455. The molecule has 20 nitrogen and oxygen atoms in total. The summed E-state index contributed by atoms with van der Waals surface area (Å²) in [5.74, 6) is -6.01. The second kappa shape index (κ2) is 28.1. The molecule has 0 spiro atoms. The maximum absolute atomic E-state index is 14.7. The van der Waals surface area contributed by atoms with Gasteiger partial charge in [0.15, 0.2) is 0 Å². The largest absolute Gasteiger partial charge is 0.394 e. The molecular weight excluding hydrogens is 953 g/mol. The third kappa shape index (κ3) is 17.1. The van der Waals surface area contributed by atoms with Crippen LogP contribution >= 0.6 is 21.6 Å². The summed E-state index contributed by atoms with van der Waals surface area (Å²) in [6.07, 6.45) is -0.156. The van der Waals surface area contributed by atoms with E-state index in [-0.39, 0.29) is 43.7 Å². The monoisotopic (exact) mass is 1020 g/mol. The van der Waals surface area contributed by atoms with Crippen LogP contribution < -0.4 is 48.7 Å². The van der Waals surface area contributed by atoms with Crippen molar-refractivity contribution in [3.63, 3.8) is 0 Å². The number of unbranched alkanes of at least 4 members (excludes halogenated alkanes) is 1. The number of aliphatic hydroxyl groups excluding tert-OH is 3. The first-order chi connectivity index (χ1) is 34.1. The SMILES string of the molecule is CC(O)C(CO)NC(=O)[C@@H]1CSSC[C@H](NC(=O)[C@H](N)Cc2ccccc2)C(=O)N[C@@H](Cc2ccccc2)C(=O)NC(Cc2c[nH]c3ccccc23)C(=O)N[C@@H](CCCCN)C(=O)N[C@@H]([C@@H](C)O)C(=O)N1. The maximum atomic E-state index is 14.7. The van der Waals surface area contributed by atoms with Crippen molar-refractivity contribution in [2.45, 2.75) is 113 Å². The molecule has 0 radical (unpaired) electrons. The molecule has 1 saturated heterocycles. The number of aromatic nitrogens is 1. The molecule has 1 aliphatic rings. The molecule has 7 amide bonds. The normalized spacial score (nSPS) is 22.8. The number of H-pyrrole nitrogens is 1. The fraction of sp³-hybridized carbons (Fsp3) is 0.449. The van der Waals surface area contributed by atoms with Gasteiger partial charge in [-0.25, -0.2) is 0 Å². The Balaban J connectivity index is 1.56. The molecule has 3 aromatic carbocycles. The van der Waals surface area contributed by atoms with E-state index in [1.807, 2.05) is 30.3 Å². The summed E-state index contributed by atoms with van der Waals surface area (Å²) < 4.78 is 0. The molecule has 384 valence electrons. The molecule has 1 aromatic heterocycles. The highest BCUT2D eigenvalue weighted by molar-refractivity contribution is 8.76. The van der Waals surface area contributed by atoms with Gasteiger partial charge in [0.2, 0.25) is 41.4 Å². The number of rotatable bonds is 17. The first kappa shape index (κ1) is 55.9. The smallest absolute Gasteiger partial charge is 0.245 e. The fourth-order valence-corrected chi connectivity index (χ4v) is 10.1. The number of para-hydroxylation sites is 1. The van der Waals surface area contributed by atoms with Crippen molar-refractivity contribution >= 4 is 73.8 Å². The Hall–Kier alpha value is -6.01. The topological polar surface area (TPSA) is 332 Å². The predicted molar refractivity (Wildman–Crippen MR) is 272 cm³/mol. The van der Waals surface area contributed by atoms with Crippen LogP contribution in [0.25, 0.3) is 10.9 Å². The molecule has 5 rings (SSSR count). The van der Waals surface area contributed by atoms with Crippen molar-refractivity contribution < 1.29 is 48.9 Å². The highest BCUT2D eigenvalue weighted by Crippen LogP contribution is 2.24. The standard InChI is InChI=1S/C49H66N10O10S2/c1-28(61)39(25-60)56-48(68)41-27-71-70-26-40(57-43(63)34(51)21-30-13-5-3-6-14-30)47(67)54-37(22-31-15-7-4-8-16-31)45(65)55-38(23-32-24-52-35-18-10-9-17-33(32)35)46(66)53-36(19-11-12-20-50)44(64)59-42(29(2)62)49(69)58-41/h3-10,13-18,24,28-29,34,36-42,52,60-62H,11-12,19-23,25-27,50-51H2,1-2H3,(H,53,66)(H,54,67)(H,55,65)(H,56,68)(H,57,63)(H,58,69)(H,59,64)/t28?,29-,34-,36+,37+,38?,39?,40+,41+,42+/m1/s1. The van der Waals surface area contributed by atoms with E-state index in [2.05, 4.69) is 42.2 Å². The Morgan fingerprint density at radius 1 is 0.718 bits per heavy atom. The van der Waals surface area contributed by atoms with E-state index in [1.54, 1.807) is 60.8 Å². The molecule has 15 N–H and O–H groups in total. The molecule has 10 atom stereocenters. The minimum Gasteiger partial charge on any atom is -0.394 e. The zero-order chi connectivity index (χ0) is 51.5. The third-order valence-electron chi connectivity index (χ3n) is 11.9. The van der Waals surface area contributed by atoms with Crippen molar-refractivity contribution in [3.8, 4) is 0 Å². The van der Waals surface area contributed by atoms with Gasteiger partial charge in [-0.05, 0) is 68.8 Å². The van der Waals surface area contributed by atoms with Gasteiger partial charge >= 0.3 is 0 Å². The van der Waals surface area contributed by atoms with E-state index in [1.165, 1.54) is 13.8 Å². The second-order valence-electron chi connectivity index (χ2n) is 17.5. The van der Waals surface area contributed by atoms with Crippen LogP contribution in [0.3, 0.4) is 0 Å². The Kier molecular flexibility index (Phi) is 22.2. The lowest BCUT2D eigenvalue weighted by atomic mass is 10.0. The summed E-state index contributed by atoms with van der Waals surface area (Å²) in [7, 11) is 2.06. The lowest BCUT2D eigenvalue weighted by Gasteiger charge is -2.29. The van der Waals surface area contributed by atoms with Gasteiger partial charge in [0.1, 0.15) is 36.3 Å². The Morgan fingerprint density at radius 2 is 1.31 bits per heavy atom. The van der Waals surface area contributed by atoms with Crippen LogP contribution in [-0.4, -0.2) is 147 Å². The number of amides is 7. The summed E-state index contributed by atoms with van der Waals surface area (Å²) >= 11 is 0. The van der Waals surface area contributed by atoms with E-state index in [9.17, 15) is 48.9 Å². The molecule has 0 bridgehead atoms. The lowest BCUT2D eigenvalue weighted by molar-refractivity contribution is -0.136. The molecular formula is C49H66N10O10S2. The van der Waals surface area contributed by atoms with Crippen LogP contribution in [-0.2, 0) is 52.8 Å². The number of aromatic amines is 1. The Labute approximate surface area is 420 Å². The predicted octanol–water partition coefficient (Wildman–Crippen LogP) is -0.805. The van der Waals surface area contributed by atoms with Gasteiger partial charge < -0.3 is 69.0 Å². The average Bonchev–Trinajstić information content (AvgIpc) is 3.76. The third-order valence-corrected chi connectivity index (χ3v) is 14.3. The number of hydrogen-bond acceptors (Lipinski definition) is 14. The van der Waals surface area contributed by atoms with E-state index in [0.717, 1.165) is 38.1 Å². The van der Waals surface area contributed by atoms with Crippen molar-refractivity contribution in [1.82, 2.24) is 42.2 Å². The minimum absolute atomic E-state index is 0.0340. The molecule has 71 heavy (non-hydrogen) atoms. The summed E-state index contributed by atoms with van der Waals surface area (Å²) in [4.78, 5) is 103. The van der Waals surface area contributed by atoms with E-state index >= 15 is 0 Å². The van der Waals surface area contributed by atoms with Crippen molar-refractivity contribution in [2.75, 3.05) is 24.7 Å². The van der Waals surface area contributed by atoms with Gasteiger partial charge in [0.25, 0.3) is 0 Å². The van der Waals surface area contributed by atoms with Gasteiger partial charge in [-0.15, -0.1) is 0 Å². The molecule has 22 heteroatoms. The van der Waals surface area contributed by atoms with Gasteiger partial charge in [-0.2, -0.15) is 0 Å². The number of nitrogens with two attached hydrogens (primary N) is 2. The fourth-order valence-electron chi connectivity index (χ4n) is 7.73. The zero-order valence-corrected chi connectivity index (χ0v) is 41.3.